The monoisotopic (exact) mass is 333 g/mol. The summed E-state index contributed by atoms with van der Waals surface area (Å²) in [5.74, 6) is 2.13. The molecule has 4 fully saturated rings. The molecular weight excluding hydrogens is 302 g/mol. The molecule has 4 heteroatoms. The highest BCUT2D eigenvalue weighted by molar-refractivity contribution is 6.01. The summed E-state index contributed by atoms with van der Waals surface area (Å²) in [6.07, 6.45) is 9.06. The number of hydrogen-bond donors (Lipinski definition) is 1. The van der Waals surface area contributed by atoms with E-state index in [0.717, 1.165) is 25.2 Å². The molecule has 24 heavy (non-hydrogen) atoms. The Hall–Kier alpha value is -0.900. The minimum Gasteiger partial charge on any atom is -0.381 e. The average molecular weight is 333 g/mol. The average Bonchev–Trinajstić information content (AvgIpc) is 2.55. The van der Waals surface area contributed by atoms with Crippen LogP contribution in [0, 0.1) is 34.5 Å². The van der Waals surface area contributed by atoms with Crippen LogP contribution in [0.3, 0.4) is 0 Å². The lowest BCUT2D eigenvalue weighted by Gasteiger charge is -2.61. The van der Waals surface area contributed by atoms with E-state index in [9.17, 15) is 9.59 Å². The van der Waals surface area contributed by atoms with Gasteiger partial charge in [-0.3, -0.25) is 14.9 Å². The molecule has 7 atom stereocenters. The van der Waals surface area contributed by atoms with E-state index in [4.69, 9.17) is 4.74 Å². The predicted octanol–water partition coefficient (Wildman–Crippen LogP) is 3.30. The largest absolute Gasteiger partial charge is 0.381 e. The van der Waals surface area contributed by atoms with Gasteiger partial charge in [-0.2, -0.15) is 0 Å². The SMILES string of the molecule is COC1CCC2(C)C(CCC3C4CC(=O)NC(=O)C4(C)CCC32)C1. The lowest BCUT2D eigenvalue weighted by atomic mass is 9.44. The summed E-state index contributed by atoms with van der Waals surface area (Å²) in [7, 11) is 1.84. The number of carbonyl (C=O) groups excluding carboxylic acids is 2. The molecule has 3 aliphatic carbocycles. The Kier molecular flexibility index (Phi) is 3.83. The quantitative estimate of drug-likeness (QED) is 0.749. The summed E-state index contributed by atoms with van der Waals surface area (Å²) in [4.78, 5) is 24.6. The maximum Gasteiger partial charge on any atom is 0.232 e. The van der Waals surface area contributed by atoms with Gasteiger partial charge < -0.3 is 4.74 Å². The molecule has 4 aliphatic rings. The number of imide groups is 1. The first-order chi connectivity index (χ1) is 11.4. The Morgan fingerprint density at radius 3 is 2.58 bits per heavy atom. The predicted molar refractivity (Wildman–Crippen MR) is 91.1 cm³/mol. The smallest absolute Gasteiger partial charge is 0.232 e. The highest BCUT2D eigenvalue weighted by Crippen LogP contribution is 2.64. The normalized spacial score (nSPS) is 51.2. The van der Waals surface area contributed by atoms with E-state index in [0.29, 0.717) is 29.8 Å². The molecular formula is C20H31NO3. The molecule has 2 amide bonds. The number of carbonyl (C=O) groups is 2. The zero-order chi connectivity index (χ0) is 17.1. The number of piperidine rings is 1. The second-order valence-corrected chi connectivity index (χ2v) is 9.33. The lowest BCUT2D eigenvalue weighted by Crippen LogP contribution is -2.61. The molecule has 4 rings (SSSR count). The Balaban J connectivity index is 1.62. The van der Waals surface area contributed by atoms with Crippen molar-refractivity contribution in [3.8, 4) is 0 Å². The summed E-state index contributed by atoms with van der Waals surface area (Å²) >= 11 is 0. The summed E-state index contributed by atoms with van der Waals surface area (Å²) < 4.78 is 5.65. The fourth-order valence-corrected chi connectivity index (χ4v) is 6.93. The Morgan fingerprint density at radius 2 is 1.83 bits per heavy atom. The highest BCUT2D eigenvalue weighted by atomic mass is 16.5. The Labute approximate surface area is 145 Å². The molecule has 1 heterocycles. The first-order valence-electron chi connectivity index (χ1n) is 9.75. The Bertz CT molecular complexity index is 561. The van der Waals surface area contributed by atoms with Gasteiger partial charge in [-0.05, 0) is 74.0 Å². The number of ether oxygens (including phenoxy) is 1. The van der Waals surface area contributed by atoms with Crippen LogP contribution in [-0.4, -0.2) is 25.0 Å². The summed E-state index contributed by atoms with van der Waals surface area (Å²) in [5.41, 5.74) is 0.0399. The van der Waals surface area contributed by atoms with Gasteiger partial charge in [0.2, 0.25) is 11.8 Å². The van der Waals surface area contributed by atoms with E-state index in [1.165, 1.54) is 25.7 Å². The molecule has 7 unspecified atom stereocenters. The molecule has 134 valence electrons. The van der Waals surface area contributed by atoms with Crippen LogP contribution in [0.1, 0.15) is 65.2 Å². The van der Waals surface area contributed by atoms with Gasteiger partial charge in [0.1, 0.15) is 0 Å². The van der Waals surface area contributed by atoms with E-state index in [2.05, 4.69) is 19.2 Å². The van der Waals surface area contributed by atoms with E-state index >= 15 is 0 Å². The standard InChI is InChI=1S/C20H31NO3/c1-19-8-6-13(24-3)10-12(19)4-5-14-15(19)7-9-20(2)16(14)11-17(22)21-18(20)23/h12-16H,4-11H2,1-3H3,(H,21,22,23). The van der Waals surface area contributed by atoms with Crippen LogP contribution in [0.25, 0.3) is 0 Å². The molecule has 1 aliphatic heterocycles. The van der Waals surface area contributed by atoms with E-state index in [1.807, 2.05) is 7.11 Å². The molecule has 0 spiro atoms. The van der Waals surface area contributed by atoms with Crippen LogP contribution in [0.5, 0.6) is 0 Å². The van der Waals surface area contributed by atoms with Crippen molar-refractivity contribution in [1.82, 2.24) is 5.32 Å². The third kappa shape index (κ3) is 2.21. The molecule has 0 bridgehead atoms. The van der Waals surface area contributed by atoms with Crippen molar-refractivity contribution in [3.63, 3.8) is 0 Å². The van der Waals surface area contributed by atoms with Gasteiger partial charge in [-0.25, -0.2) is 0 Å². The molecule has 0 aromatic heterocycles. The van der Waals surface area contributed by atoms with Crippen LogP contribution in [0.4, 0.5) is 0 Å². The first-order valence-corrected chi connectivity index (χ1v) is 9.75. The van der Waals surface area contributed by atoms with Gasteiger partial charge in [0.15, 0.2) is 0 Å². The minimum atomic E-state index is -0.331. The van der Waals surface area contributed by atoms with E-state index < -0.39 is 0 Å². The maximum atomic E-state index is 12.5. The molecule has 1 saturated heterocycles. The zero-order valence-corrected chi connectivity index (χ0v) is 15.3. The molecule has 4 nitrogen and oxygen atoms in total. The zero-order valence-electron chi connectivity index (χ0n) is 15.3. The van der Waals surface area contributed by atoms with Crippen molar-refractivity contribution in [2.24, 2.45) is 34.5 Å². The second kappa shape index (κ2) is 5.55. The number of amides is 2. The third-order valence-electron chi connectivity index (χ3n) is 8.52. The maximum absolute atomic E-state index is 12.5. The lowest BCUT2D eigenvalue weighted by molar-refractivity contribution is -0.166. The van der Waals surface area contributed by atoms with E-state index in [-0.39, 0.29) is 23.1 Å². The second-order valence-electron chi connectivity index (χ2n) is 9.33. The highest BCUT2D eigenvalue weighted by Gasteiger charge is 2.60. The molecule has 3 saturated carbocycles. The van der Waals surface area contributed by atoms with Crippen molar-refractivity contribution in [1.29, 1.82) is 0 Å². The van der Waals surface area contributed by atoms with E-state index in [1.54, 1.807) is 0 Å². The molecule has 0 aromatic carbocycles. The van der Waals surface area contributed by atoms with Gasteiger partial charge in [-0.1, -0.05) is 13.8 Å². The minimum absolute atomic E-state index is 0.0161. The van der Waals surface area contributed by atoms with Crippen molar-refractivity contribution in [2.45, 2.75) is 71.3 Å². The number of rotatable bonds is 1. The third-order valence-corrected chi connectivity index (χ3v) is 8.52. The summed E-state index contributed by atoms with van der Waals surface area (Å²) in [6, 6.07) is 0. The summed E-state index contributed by atoms with van der Waals surface area (Å²) in [6.45, 7) is 4.60. The number of fused-ring (bicyclic) bond motifs is 5. The fourth-order valence-electron chi connectivity index (χ4n) is 6.93. The van der Waals surface area contributed by atoms with Gasteiger partial charge in [-0.15, -0.1) is 0 Å². The van der Waals surface area contributed by atoms with Crippen LogP contribution in [-0.2, 0) is 14.3 Å². The first kappa shape index (κ1) is 16.6. The topological polar surface area (TPSA) is 55.4 Å². The van der Waals surface area contributed by atoms with Crippen molar-refractivity contribution in [3.05, 3.63) is 0 Å². The fraction of sp³-hybridized carbons (Fsp3) is 0.900. The van der Waals surface area contributed by atoms with Gasteiger partial charge in [0.05, 0.1) is 11.5 Å². The van der Waals surface area contributed by atoms with Gasteiger partial charge in [0, 0.05) is 13.5 Å². The Morgan fingerprint density at radius 1 is 1.04 bits per heavy atom. The number of hydrogen-bond acceptors (Lipinski definition) is 3. The summed E-state index contributed by atoms with van der Waals surface area (Å²) in [5, 5.41) is 2.60. The van der Waals surface area contributed by atoms with Crippen LogP contribution in [0.15, 0.2) is 0 Å². The number of nitrogens with one attached hydrogen (secondary N) is 1. The van der Waals surface area contributed by atoms with Crippen LogP contribution < -0.4 is 5.32 Å². The van der Waals surface area contributed by atoms with Gasteiger partial charge in [0.25, 0.3) is 0 Å². The number of methoxy groups -OCH3 is 1. The van der Waals surface area contributed by atoms with Gasteiger partial charge >= 0.3 is 0 Å². The van der Waals surface area contributed by atoms with Crippen molar-refractivity contribution < 1.29 is 14.3 Å². The molecule has 0 aromatic rings. The van der Waals surface area contributed by atoms with Crippen molar-refractivity contribution >= 4 is 11.8 Å². The molecule has 0 radical (unpaired) electrons. The van der Waals surface area contributed by atoms with Crippen LogP contribution in [0.2, 0.25) is 0 Å². The van der Waals surface area contributed by atoms with Crippen molar-refractivity contribution in [2.75, 3.05) is 7.11 Å². The van der Waals surface area contributed by atoms with Crippen LogP contribution >= 0.6 is 0 Å². The molecule has 1 N–H and O–H groups in total.